The highest BCUT2D eigenvalue weighted by Crippen LogP contribution is 2.36. The third-order valence-electron chi connectivity index (χ3n) is 4.15. The topological polar surface area (TPSA) is 27.0 Å². The summed E-state index contributed by atoms with van der Waals surface area (Å²) >= 11 is 0. The molecule has 0 saturated heterocycles. The Kier molecular flexibility index (Phi) is 4.34. The number of hydrogen-bond acceptors (Lipinski definition) is 1. The Hall–Kier alpha value is -2.68. The Balaban J connectivity index is 2.02. The molecular formula is C21H20FN2-. The predicted molar refractivity (Wildman–Crippen MR) is 97.7 cm³/mol. The average Bonchev–Trinajstić information content (AvgIpc) is 2.50. The van der Waals surface area contributed by atoms with E-state index in [1.54, 1.807) is 12.1 Å². The lowest BCUT2D eigenvalue weighted by molar-refractivity contribution is 0.625. The van der Waals surface area contributed by atoms with Crippen LogP contribution in [-0.2, 0) is 0 Å². The van der Waals surface area contributed by atoms with Gasteiger partial charge in [-0.25, -0.2) is 4.39 Å². The fourth-order valence-electron chi connectivity index (χ4n) is 3.04. The molecule has 0 aliphatic heterocycles. The average molecular weight is 319 g/mol. The highest BCUT2D eigenvalue weighted by Gasteiger charge is 2.06. The Morgan fingerprint density at radius 3 is 2.00 bits per heavy atom. The molecule has 2 aromatic carbocycles. The molecule has 0 aliphatic rings. The standard InChI is InChI=1S/C21H20FN2/c1-13-7-5-8-14(2)21(13)24-19-10-6-9-18(23-19)20-15(3)11-17(22)12-16(20)4/h5-12H,1-4H3/q-1. The van der Waals surface area contributed by atoms with Gasteiger partial charge < -0.3 is 10.3 Å². The van der Waals surface area contributed by atoms with E-state index in [4.69, 9.17) is 5.32 Å². The Labute approximate surface area is 142 Å². The number of halogens is 1. The molecule has 0 radical (unpaired) electrons. The van der Waals surface area contributed by atoms with Crippen LogP contribution < -0.4 is 0 Å². The number of hydrogen-bond donors (Lipinski definition) is 0. The first kappa shape index (κ1) is 16.2. The third-order valence-corrected chi connectivity index (χ3v) is 4.15. The molecule has 0 amide bonds. The summed E-state index contributed by atoms with van der Waals surface area (Å²) < 4.78 is 13.5. The molecule has 2 nitrogen and oxygen atoms in total. The molecule has 24 heavy (non-hydrogen) atoms. The molecule has 3 aromatic rings. The molecule has 0 bridgehead atoms. The van der Waals surface area contributed by atoms with E-state index < -0.39 is 0 Å². The van der Waals surface area contributed by atoms with Crippen molar-refractivity contribution in [2.24, 2.45) is 0 Å². The van der Waals surface area contributed by atoms with Crippen LogP contribution in [0.3, 0.4) is 0 Å². The SMILES string of the molecule is Cc1cccc(C)c1[N-]c1cccc(-c2c(C)cc(F)cc2C)n1. The fraction of sp³-hybridized carbons (Fsp3) is 0.190. The van der Waals surface area contributed by atoms with Crippen LogP contribution in [0.5, 0.6) is 0 Å². The van der Waals surface area contributed by atoms with Crippen LogP contribution in [-0.4, -0.2) is 4.98 Å². The van der Waals surface area contributed by atoms with E-state index in [0.29, 0.717) is 5.82 Å². The largest absolute Gasteiger partial charge is 0.436 e. The lowest BCUT2D eigenvalue weighted by Gasteiger charge is -2.22. The van der Waals surface area contributed by atoms with Gasteiger partial charge in [0.25, 0.3) is 0 Å². The number of aryl methyl sites for hydroxylation is 4. The normalized spacial score (nSPS) is 10.7. The van der Waals surface area contributed by atoms with E-state index in [-0.39, 0.29) is 5.82 Å². The minimum absolute atomic E-state index is 0.217. The van der Waals surface area contributed by atoms with Crippen molar-refractivity contribution in [2.75, 3.05) is 0 Å². The van der Waals surface area contributed by atoms with Gasteiger partial charge in [0.15, 0.2) is 0 Å². The summed E-state index contributed by atoms with van der Waals surface area (Å²) in [5.74, 6) is 0.443. The molecule has 122 valence electrons. The molecular weight excluding hydrogens is 299 g/mol. The summed E-state index contributed by atoms with van der Waals surface area (Å²) in [6.07, 6.45) is 0. The first-order valence-corrected chi connectivity index (χ1v) is 7.98. The lowest BCUT2D eigenvalue weighted by atomic mass is 9.99. The smallest absolute Gasteiger partial charge is 0.123 e. The van der Waals surface area contributed by atoms with Crippen molar-refractivity contribution >= 4 is 11.5 Å². The van der Waals surface area contributed by atoms with Gasteiger partial charge in [0.1, 0.15) is 5.82 Å². The number of para-hydroxylation sites is 1. The Morgan fingerprint density at radius 2 is 1.38 bits per heavy atom. The maximum absolute atomic E-state index is 13.5. The van der Waals surface area contributed by atoms with E-state index >= 15 is 0 Å². The van der Waals surface area contributed by atoms with Gasteiger partial charge in [0.05, 0.1) is 0 Å². The van der Waals surface area contributed by atoms with Gasteiger partial charge >= 0.3 is 0 Å². The second-order valence-corrected chi connectivity index (χ2v) is 6.15. The van der Waals surface area contributed by atoms with Crippen LogP contribution in [0.2, 0.25) is 0 Å². The highest BCUT2D eigenvalue weighted by atomic mass is 19.1. The van der Waals surface area contributed by atoms with Crippen molar-refractivity contribution in [1.82, 2.24) is 4.98 Å². The van der Waals surface area contributed by atoms with E-state index in [9.17, 15) is 4.39 Å². The molecule has 0 aliphatic carbocycles. The van der Waals surface area contributed by atoms with E-state index in [1.807, 2.05) is 64.1 Å². The summed E-state index contributed by atoms with van der Waals surface area (Å²) in [5, 5.41) is 4.72. The van der Waals surface area contributed by atoms with Crippen molar-refractivity contribution < 1.29 is 4.39 Å². The van der Waals surface area contributed by atoms with Crippen molar-refractivity contribution in [3.8, 4) is 11.3 Å². The molecule has 3 heteroatoms. The maximum atomic E-state index is 13.5. The van der Waals surface area contributed by atoms with Crippen molar-refractivity contribution in [2.45, 2.75) is 27.7 Å². The van der Waals surface area contributed by atoms with Gasteiger partial charge in [-0.2, -0.15) is 0 Å². The first-order chi connectivity index (χ1) is 11.5. The Morgan fingerprint density at radius 1 is 0.792 bits per heavy atom. The lowest BCUT2D eigenvalue weighted by Crippen LogP contribution is -1.93. The summed E-state index contributed by atoms with van der Waals surface area (Å²) in [6.45, 7) is 7.90. The van der Waals surface area contributed by atoms with Gasteiger partial charge in [0, 0.05) is 0 Å². The molecule has 0 unspecified atom stereocenters. The molecule has 0 N–H and O–H groups in total. The zero-order valence-electron chi connectivity index (χ0n) is 14.4. The second kappa shape index (κ2) is 6.44. The van der Waals surface area contributed by atoms with Crippen LogP contribution in [0, 0.1) is 33.5 Å². The zero-order valence-corrected chi connectivity index (χ0v) is 14.4. The summed E-state index contributed by atoms with van der Waals surface area (Å²) in [7, 11) is 0. The molecule has 0 fully saturated rings. The van der Waals surface area contributed by atoms with E-state index in [2.05, 4.69) is 4.98 Å². The molecule has 0 saturated carbocycles. The van der Waals surface area contributed by atoms with Crippen LogP contribution in [0.25, 0.3) is 16.6 Å². The van der Waals surface area contributed by atoms with E-state index in [0.717, 1.165) is 39.2 Å². The maximum Gasteiger partial charge on any atom is 0.123 e. The summed E-state index contributed by atoms with van der Waals surface area (Å²) in [6, 6.07) is 15.0. The van der Waals surface area contributed by atoms with Gasteiger partial charge in [-0.3, -0.25) is 0 Å². The van der Waals surface area contributed by atoms with Gasteiger partial charge in [0.2, 0.25) is 0 Å². The molecule has 1 aromatic heterocycles. The summed E-state index contributed by atoms with van der Waals surface area (Å²) in [4.78, 5) is 4.68. The van der Waals surface area contributed by atoms with Crippen molar-refractivity contribution in [3.63, 3.8) is 0 Å². The number of aromatic nitrogens is 1. The molecule has 3 rings (SSSR count). The van der Waals surface area contributed by atoms with Gasteiger partial charge in [-0.15, -0.1) is 0 Å². The van der Waals surface area contributed by atoms with Crippen LogP contribution >= 0.6 is 0 Å². The molecule has 1 heterocycles. The van der Waals surface area contributed by atoms with Crippen molar-refractivity contribution in [1.29, 1.82) is 0 Å². The molecule has 0 spiro atoms. The van der Waals surface area contributed by atoms with E-state index in [1.165, 1.54) is 0 Å². The summed E-state index contributed by atoms with van der Waals surface area (Å²) in [5.41, 5.74) is 6.74. The van der Waals surface area contributed by atoms with Gasteiger partial charge in [-0.1, -0.05) is 42.2 Å². The minimum Gasteiger partial charge on any atom is -0.436 e. The number of benzene rings is 2. The highest BCUT2D eigenvalue weighted by molar-refractivity contribution is 5.73. The zero-order chi connectivity index (χ0) is 17.3. The quantitative estimate of drug-likeness (QED) is 0.544. The van der Waals surface area contributed by atoms with Crippen LogP contribution in [0.15, 0.2) is 48.5 Å². The fourth-order valence-corrected chi connectivity index (χ4v) is 3.04. The number of nitrogens with zero attached hydrogens (tertiary/aromatic N) is 2. The molecule has 0 atom stereocenters. The Bertz CT molecular complexity index is 857. The monoisotopic (exact) mass is 319 g/mol. The predicted octanol–water partition coefficient (Wildman–Crippen LogP) is 6.46. The van der Waals surface area contributed by atoms with Crippen LogP contribution in [0.4, 0.5) is 15.9 Å². The number of rotatable bonds is 3. The third kappa shape index (κ3) is 3.16. The first-order valence-electron chi connectivity index (χ1n) is 7.98. The minimum atomic E-state index is -0.217. The number of pyridine rings is 1. The van der Waals surface area contributed by atoms with Gasteiger partial charge in [-0.05, 0) is 79.0 Å². The van der Waals surface area contributed by atoms with Crippen LogP contribution in [0.1, 0.15) is 22.3 Å². The second-order valence-electron chi connectivity index (χ2n) is 6.15. The van der Waals surface area contributed by atoms with Crippen molar-refractivity contribution in [3.05, 3.63) is 81.9 Å².